The molecule has 158 valence electrons. The van der Waals surface area contributed by atoms with Crippen molar-refractivity contribution in [2.45, 2.75) is 24.0 Å². The lowest BCUT2D eigenvalue weighted by molar-refractivity contribution is 0.0744. The molecule has 0 saturated carbocycles. The highest BCUT2D eigenvalue weighted by Gasteiger charge is 2.31. The SMILES string of the molecule is CN1N=C(c2ccccc2)OC1c1nc(-c2ccc(SN3CCCC3)cc2)cnc1N. The highest BCUT2D eigenvalue weighted by atomic mass is 32.2. The Hall–Kier alpha value is -3.10. The van der Waals surface area contributed by atoms with Gasteiger partial charge in [-0.15, -0.1) is 5.10 Å². The highest BCUT2D eigenvalue weighted by molar-refractivity contribution is 7.97. The molecule has 0 bridgehead atoms. The molecule has 0 amide bonds. The van der Waals surface area contributed by atoms with Crippen LogP contribution in [0, 0.1) is 0 Å². The molecule has 2 aliphatic heterocycles. The van der Waals surface area contributed by atoms with Crippen molar-refractivity contribution in [2.75, 3.05) is 25.9 Å². The topological polar surface area (TPSA) is 79.9 Å². The van der Waals surface area contributed by atoms with Crippen molar-refractivity contribution < 1.29 is 4.74 Å². The van der Waals surface area contributed by atoms with E-state index in [0.29, 0.717) is 17.4 Å². The molecule has 1 aromatic heterocycles. The predicted molar refractivity (Wildman–Crippen MR) is 123 cm³/mol. The third-order valence-electron chi connectivity index (χ3n) is 5.34. The summed E-state index contributed by atoms with van der Waals surface area (Å²) in [6.07, 6.45) is 3.74. The maximum absolute atomic E-state index is 6.17. The van der Waals surface area contributed by atoms with E-state index in [-0.39, 0.29) is 0 Å². The van der Waals surface area contributed by atoms with Gasteiger partial charge >= 0.3 is 0 Å². The van der Waals surface area contributed by atoms with Crippen LogP contribution < -0.4 is 5.73 Å². The normalized spacial score (nSPS) is 18.8. The van der Waals surface area contributed by atoms with Crippen LogP contribution in [0.1, 0.15) is 30.3 Å². The number of ether oxygens (including phenoxy) is 1. The number of hydrogen-bond donors (Lipinski definition) is 1. The summed E-state index contributed by atoms with van der Waals surface area (Å²) in [5.74, 6) is 0.884. The minimum atomic E-state index is -0.521. The third kappa shape index (κ3) is 4.22. The molecule has 2 aliphatic rings. The van der Waals surface area contributed by atoms with Gasteiger partial charge in [-0.05, 0) is 49.1 Å². The summed E-state index contributed by atoms with van der Waals surface area (Å²) in [6.45, 7) is 2.31. The minimum absolute atomic E-state index is 0.339. The number of aromatic nitrogens is 2. The largest absolute Gasteiger partial charge is 0.444 e. The number of nitrogen functional groups attached to an aromatic ring is 1. The first-order chi connectivity index (χ1) is 15.2. The number of benzene rings is 2. The van der Waals surface area contributed by atoms with Crippen molar-refractivity contribution in [3.8, 4) is 11.3 Å². The van der Waals surface area contributed by atoms with Gasteiger partial charge in [0.25, 0.3) is 0 Å². The van der Waals surface area contributed by atoms with Gasteiger partial charge < -0.3 is 10.5 Å². The smallest absolute Gasteiger partial charge is 0.240 e. The molecule has 0 radical (unpaired) electrons. The summed E-state index contributed by atoms with van der Waals surface area (Å²) in [6, 6.07) is 18.2. The molecule has 0 aliphatic carbocycles. The Morgan fingerprint density at radius 1 is 1.00 bits per heavy atom. The van der Waals surface area contributed by atoms with E-state index >= 15 is 0 Å². The number of hydrogen-bond acceptors (Lipinski definition) is 8. The maximum atomic E-state index is 6.17. The van der Waals surface area contributed by atoms with Crippen LogP contribution in [0.4, 0.5) is 5.82 Å². The molecule has 7 nitrogen and oxygen atoms in total. The van der Waals surface area contributed by atoms with Gasteiger partial charge in [-0.2, -0.15) is 0 Å². The Labute approximate surface area is 186 Å². The zero-order chi connectivity index (χ0) is 21.2. The van der Waals surface area contributed by atoms with E-state index in [4.69, 9.17) is 15.5 Å². The Morgan fingerprint density at radius 3 is 2.48 bits per heavy atom. The summed E-state index contributed by atoms with van der Waals surface area (Å²) >= 11 is 1.81. The van der Waals surface area contributed by atoms with Crippen LogP contribution in [0.2, 0.25) is 0 Å². The lowest BCUT2D eigenvalue weighted by Crippen LogP contribution is -2.19. The molecule has 3 aromatic rings. The molecule has 2 N–H and O–H groups in total. The second-order valence-corrected chi connectivity index (χ2v) is 8.76. The zero-order valence-electron chi connectivity index (χ0n) is 17.3. The summed E-state index contributed by atoms with van der Waals surface area (Å²) in [5, 5.41) is 6.24. The summed E-state index contributed by atoms with van der Waals surface area (Å²) in [5.41, 5.74) is 9.38. The molecule has 3 heterocycles. The molecule has 1 atom stereocenters. The van der Waals surface area contributed by atoms with E-state index in [1.54, 1.807) is 11.2 Å². The van der Waals surface area contributed by atoms with Crippen molar-refractivity contribution in [2.24, 2.45) is 5.10 Å². The third-order valence-corrected chi connectivity index (χ3v) is 6.45. The molecular formula is C23H24N6OS. The second kappa shape index (κ2) is 8.56. The summed E-state index contributed by atoms with van der Waals surface area (Å²) in [7, 11) is 1.85. The van der Waals surface area contributed by atoms with Crippen LogP contribution in [0.5, 0.6) is 0 Å². The van der Waals surface area contributed by atoms with Gasteiger partial charge in [0.1, 0.15) is 5.69 Å². The fourth-order valence-corrected chi connectivity index (χ4v) is 4.69. The molecule has 0 spiro atoms. The number of hydrazone groups is 1. The molecule has 8 heteroatoms. The predicted octanol–water partition coefficient (Wildman–Crippen LogP) is 4.15. The van der Waals surface area contributed by atoms with Gasteiger partial charge in [-0.1, -0.05) is 30.3 Å². The first-order valence-electron chi connectivity index (χ1n) is 10.4. The van der Waals surface area contributed by atoms with Crippen LogP contribution in [0.15, 0.2) is 70.8 Å². The standard InChI is InChI=1S/C23H24N6OS/c1-28-23(30-22(27-28)17-7-3-2-4-8-17)20-21(24)25-15-19(26-20)16-9-11-18(12-10-16)31-29-13-5-6-14-29/h2-4,7-12,15,23H,5-6,13-14H2,1H3,(H2,24,25). The van der Waals surface area contributed by atoms with Crippen molar-refractivity contribution in [1.29, 1.82) is 0 Å². The fourth-order valence-electron chi connectivity index (χ4n) is 3.69. The van der Waals surface area contributed by atoms with Gasteiger partial charge in [0.15, 0.2) is 5.82 Å². The lowest BCUT2D eigenvalue weighted by atomic mass is 10.1. The monoisotopic (exact) mass is 432 g/mol. The average molecular weight is 433 g/mol. The van der Waals surface area contributed by atoms with Gasteiger partial charge in [0.2, 0.25) is 12.1 Å². The lowest BCUT2D eigenvalue weighted by Gasteiger charge is -2.19. The summed E-state index contributed by atoms with van der Waals surface area (Å²) < 4.78 is 8.51. The Balaban J connectivity index is 1.36. The van der Waals surface area contributed by atoms with Crippen LogP contribution >= 0.6 is 11.9 Å². The van der Waals surface area contributed by atoms with E-state index < -0.39 is 6.23 Å². The van der Waals surface area contributed by atoms with E-state index in [2.05, 4.69) is 38.7 Å². The number of rotatable bonds is 5. The molecule has 1 saturated heterocycles. The van der Waals surface area contributed by atoms with Crippen molar-refractivity contribution >= 4 is 23.7 Å². The first-order valence-corrected chi connectivity index (χ1v) is 11.1. The van der Waals surface area contributed by atoms with Crippen LogP contribution in [-0.2, 0) is 4.74 Å². The van der Waals surface area contributed by atoms with E-state index in [1.165, 1.54) is 17.7 Å². The Kier molecular flexibility index (Phi) is 5.48. The van der Waals surface area contributed by atoms with Crippen molar-refractivity contribution in [3.63, 3.8) is 0 Å². The fraction of sp³-hybridized carbons (Fsp3) is 0.261. The van der Waals surface area contributed by atoms with E-state index in [9.17, 15) is 0 Å². The van der Waals surface area contributed by atoms with E-state index in [1.807, 2.05) is 49.3 Å². The van der Waals surface area contributed by atoms with Crippen LogP contribution in [0.3, 0.4) is 0 Å². The average Bonchev–Trinajstić information content (AvgIpc) is 3.45. The highest BCUT2D eigenvalue weighted by Crippen LogP contribution is 2.32. The molecular weight excluding hydrogens is 408 g/mol. The van der Waals surface area contributed by atoms with Crippen molar-refractivity contribution in [3.05, 3.63) is 72.1 Å². The molecule has 1 unspecified atom stereocenters. The second-order valence-electron chi connectivity index (χ2n) is 7.59. The molecule has 1 fully saturated rings. The van der Waals surface area contributed by atoms with Gasteiger partial charge in [-0.3, -0.25) is 5.01 Å². The first kappa shape index (κ1) is 19.8. The van der Waals surface area contributed by atoms with Crippen LogP contribution in [0.25, 0.3) is 11.3 Å². The maximum Gasteiger partial charge on any atom is 0.240 e. The number of nitrogens with zero attached hydrogens (tertiary/aromatic N) is 5. The van der Waals surface area contributed by atoms with E-state index in [0.717, 1.165) is 29.9 Å². The summed E-state index contributed by atoms with van der Waals surface area (Å²) in [4.78, 5) is 10.4. The molecule has 5 rings (SSSR count). The zero-order valence-corrected chi connectivity index (χ0v) is 18.1. The van der Waals surface area contributed by atoms with Gasteiger partial charge in [0, 0.05) is 36.2 Å². The number of anilines is 1. The molecule has 31 heavy (non-hydrogen) atoms. The van der Waals surface area contributed by atoms with Crippen molar-refractivity contribution in [1.82, 2.24) is 19.3 Å². The Bertz CT molecular complexity index is 1080. The quantitative estimate of drug-likeness (QED) is 0.607. The minimum Gasteiger partial charge on any atom is -0.444 e. The Morgan fingerprint density at radius 2 is 1.74 bits per heavy atom. The van der Waals surface area contributed by atoms with Gasteiger partial charge in [-0.25, -0.2) is 14.3 Å². The van der Waals surface area contributed by atoms with Crippen LogP contribution in [-0.4, -0.2) is 45.3 Å². The number of nitrogens with two attached hydrogens (primary N) is 1. The van der Waals surface area contributed by atoms with Gasteiger partial charge in [0.05, 0.1) is 11.9 Å². The molecule has 2 aromatic carbocycles.